The normalized spacial score (nSPS) is 10.6. The van der Waals surface area contributed by atoms with E-state index in [1.54, 1.807) is 11.8 Å². The van der Waals surface area contributed by atoms with Crippen LogP contribution in [0.25, 0.3) is 10.8 Å². The zero-order valence-electron chi connectivity index (χ0n) is 7.81. The summed E-state index contributed by atoms with van der Waals surface area (Å²) in [7, 11) is 0. The van der Waals surface area contributed by atoms with Crippen LogP contribution in [-0.4, -0.2) is 17.3 Å². The molecule has 72 valence electrons. The first-order chi connectivity index (χ1) is 6.90. The van der Waals surface area contributed by atoms with Crippen molar-refractivity contribution in [1.29, 1.82) is 0 Å². The van der Waals surface area contributed by atoms with Gasteiger partial charge in [0.2, 0.25) is 0 Å². The summed E-state index contributed by atoms with van der Waals surface area (Å²) in [5.41, 5.74) is 5.46. The van der Waals surface area contributed by atoms with Crippen molar-refractivity contribution in [2.75, 3.05) is 12.3 Å². The van der Waals surface area contributed by atoms with Gasteiger partial charge in [-0.3, -0.25) is 4.98 Å². The Hall–Kier alpha value is -1.06. The number of nitrogens with two attached hydrogens (primary N) is 1. The molecule has 3 heteroatoms. The van der Waals surface area contributed by atoms with Crippen LogP contribution in [0.1, 0.15) is 0 Å². The van der Waals surface area contributed by atoms with Gasteiger partial charge < -0.3 is 5.73 Å². The van der Waals surface area contributed by atoms with E-state index in [9.17, 15) is 0 Å². The minimum Gasteiger partial charge on any atom is -0.330 e. The Balaban J connectivity index is 2.32. The fourth-order valence-corrected chi connectivity index (χ4v) is 2.06. The molecule has 0 amide bonds. The van der Waals surface area contributed by atoms with Crippen molar-refractivity contribution < 1.29 is 0 Å². The molecule has 2 rings (SSSR count). The SMILES string of the molecule is NCCSc1ccc2ccncc2c1. The van der Waals surface area contributed by atoms with Crippen molar-refractivity contribution in [3.8, 4) is 0 Å². The van der Waals surface area contributed by atoms with Crippen molar-refractivity contribution in [1.82, 2.24) is 4.98 Å². The second-order valence-corrected chi connectivity index (χ2v) is 4.19. The van der Waals surface area contributed by atoms with E-state index in [1.807, 2.05) is 18.5 Å². The van der Waals surface area contributed by atoms with Crippen LogP contribution in [0.4, 0.5) is 0 Å². The first kappa shape index (κ1) is 9.49. The van der Waals surface area contributed by atoms with Crippen molar-refractivity contribution >= 4 is 22.5 Å². The summed E-state index contributed by atoms with van der Waals surface area (Å²) in [6.07, 6.45) is 3.71. The molecule has 0 saturated carbocycles. The van der Waals surface area contributed by atoms with Crippen molar-refractivity contribution in [3.63, 3.8) is 0 Å². The van der Waals surface area contributed by atoms with E-state index < -0.39 is 0 Å². The maximum atomic E-state index is 5.46. The summed E-state index contributed by atoms with van der Waals surface area (Å²) in [5, 5.41) is 2.42. The van der Waals surface area contributed by atoms with E-state index >= 15 is 0 Å². The monoisotopic (exact) mass is 204 g/mol. The second-order valence-electron chi connectivity index (χ2n) is 3.02. The number of rotatable bonds is 3. The molecule has 0 aliphatic rings. The first-order valence-corrected chi connectivity index (χ1v) is 5.55. The number of benzene rings is 1. The predicted molar refractivity (Wildman–Crippen MR) is 61.5 cm³/mol. The number of thioether (sulfide) groups is 1. The van der Waals surface area contributed by atoms with Gasteiger partial charge in [-0.05, 0) is 23.6 Å². The van der Waals surface area contributed by atoms with Crippen LogP contribution in [-0.2, 0) is 0 Å². The zero-order chi connectivity index (χ0) is 9.80. The Morgan fingerprint density at radius 1 is 1.21 bits per heavy atom. The lowest BCUT2D eigenvalue weighted by molar-refractivity contribution is 1.15. The summed E-state index contributed by atoms with van der Waals surface area (Å²) in [6, 6.07) is 8.42. The van der Waals surface area contributed by atoms with Crippen LogP contribution in [0.5, 0.6) is 0 Å². The number of nitrogens with zero attached hydrogens (tertiary/aromatic N) is 1. The van der Waals surface area contributed by atoms with Crippen LogP contribution in [0.2, 0.25) is 0 Å². The topological polar surface area (TPSA) is 38.9 Å². The highest BCUT2D eigenvalue weighted by Gasteiger charge is 1.96. The Morgan fingerprint density at radius 2 is 2.14 bits per heavy atom. The lowest BCUT2D eigenvalue weighted by Crippen LogP contribution is -2.00. The second kappa shape index (κ2) is 4.44. The molecule has 2 aromatic rings. The molecule has 0 bridgehead atoms. The maximum absolute atomic E-state index is 5.46. The van der Waals surface area contributed by atoms with Crippen LogP contribution in [0, 0.1) is 0 Å². The molecule has 0 aliphatic carbocycles. The van der Waals surface area contributed by atoms with Crippen molar-refractivity contribution in [3.05, 3.63) is 36.7 Å². The third kappa shape index (κ3) is 2.05. The summed E-state index contributed by atoms with van der Waals surface area (Å²) in [5.74, 6) is 0.964. The van der Waals surface area contributed by atoms with Gasteiger partial charge in [0.15, 0.2) is 0 Å². The molecule has 0 spiro atoms. The van der Waals surface area contributed by atoms with Gasteiger partial charge in [0, 0.05) is 35.0 Å². The molecule has 1 aromatic heterocycles. The predicted octanol–water partition coefficient (Wildman–Crippen LogP) is 2.29. The number of pyridine rings is 1. The molecule has 2 N–H and O–H groups in total. The minimum atomic E-state index is 0.718. The van der Waals surface area contributed by atoms with Crippen LogP contribution < -0.4 is 5.73 Å². The molecule has 1 heterocycles. The van der Waals surface area contributed by atoms with Gasteiger partial charge in [-0.1, -0.05) is 6.07 Å². The third-order valence-corrected chi connectivity index (χ3v) is 3.03. The van der Waals surface area contributed by atoms with Crippen LogP contribution in [0.3, 0.4) is 0 Å². The standard InChI is InChI=1S/C11H12N2S/c12-4-6-14-11-2-1-9-3-5-13-8-10(9)7-11/h1-3,5,7-8H,4,6,12H2. The number of aromatic nitrogens is 1. The highest BCUT2D eigenvalue weighted by Crippen LogP contribution is 2.22. The van der Waals surface area contributed by atoms with E-state index in [4.69, 9.17) is 5.73 Å². The first-order valence-electron chi connectivity index (χ1n) is 4.57. The molecular weight excluding hydrogens is 192 g/mol. The van der Waals surface area contributed by atoms with Gasteiger partial charge in [-0.2, -0.15) is 0 Å². The smallest absolute Gasteiger partial charge is 0.0346 e. The summed E-state index contributed by atoms with van der Waals surface area (Å²) < 4.78 is 0. The highest BCUT2D eigenvalue weighted by atomic mass is 32.2. The maximum Gasteiger partial charge on any atom is 0.0346 e. The Kier molecular flexibility index (Phi) is 3.01. The van der Waals surface area contributed by atoms with E-state index in [0.717, 1.165) is 12.3 Å². The third-order valence-electron chi connectivity index (χ3n) is 2.00. The molecule has 0 saturated heterocycles. The van der Waals surface area contributed by atoms with Gasteiger partial charge in [-0.15, -0.1) is 11.8 Å². The Labute approximate surface area is 87.5 Å². The molecule has 2 nitrogen and oxygen atoms in total. The minimum absolute atomic E-state index is 0.718. The summed E-state index contributed by atoms with van der Waals surface area (Å²) in [6.45, 7) is 0.718. The molecule has 0 fully saturated rings. The van der Waals surface area contributed by atoms with Crippen LogP contribution >= 0.6 is 11.8 Å². The lowest BCUT2D eigenvalue weighted by atomic mass is 10.2. The number of fused-ring (bicyclic) bond motifs is 1. The zero-order valence-corrected chi connectivity index (χ0v) is 8.63. The summed E-state index contributed by atoms with van der Waals surface area (Å²) in [4.78, 5) is 5.36. The molecule has 1 aromatic carbocycles. The Morgan fingerprint density at radius 3 is 3.00 bits per heavy atom. The molecule has 0 aliphatic heterocycles. The highest BCUT2D eigenvalue weighted by molar-refractivity contribution is 7.99. The van der Waals surface area contributed by atoms with E-state index in [2.05, 4.69) is 23.2 Å². The average molecular weight is 204 g/mol. The van der Waals surface area contributed by atoms with Crippen LogP contribution in [0.15, 0.2) is 41.6 Å². The van der Waals surface area contributed by atoms with E-state index in [-0.39, 0.29) is 0 Å². The fraction of sp³-hybridized carbons (Fsp3) is 0.182. The molecule has 14 heavy (non-hydrogen) atoms. The van der Waals surface area contributed by atoms with Gasteiger partial charge in [-0.25, -0.2) is 0 Å². The van der Waals surface area contributed by atoms with E-state index in [1.165, 1.54) is 15.7 Å². The molecule has 0 radical (unpaired) electrons. The molecule has 0 atom stereocenters. The largest absolute Gasteiger partial charge is 0.330 e. The molecular formula is C11H12N2S. The lowest BCUT2D eigenvalue weighted by Gasteiger charge is -2.01. The Bertz CT molecular complexity index is 428. The van der Waals surface area contributed by atoms with Gasteiger partial charge in [0.05, 0.1) is 0 Å². The van der Waals surface area contributed by atoms with Crippen molar-refractivity contribution in [2.45, 2.75) is 4.90 Å². The summed E-state index contributed by atoms with van der Waals surface area (Å²) >= 11 is 1.78. The van der Waals surface area contributed by atoms with Gasteiger partial charge >= 0.3 is 0 Å². The van der Waals surface area contributed by atoms with Gasteiger partial charge in [0.1, 0.15) is 0 Å². The molecule has 0 unspecified atom stereocenters. The van der Waals surface area contributed by atoms with E-state index in [0.29, 0.717) is 0 Å². The average Bonchev–Trinajstić information content (AvgIpc) is 2.26. The number of hydrogen-bond donors (Lipinski definition) is 1. The fourth-order valence-electron chi connectivity index (χ4n) is 1.33. The van der Waals surface area contributed by atoms with Gasteiger partial charge in [0.25, 0.3) is 0 Å². The van der Waals surface area contributed by atoms with Crippen molar-refractivity contribution in [2.24, 2.45) is 5.73 Å². The number of hydrogen-bond acceptors (Lipinski definition) is 3. The quantitative estimate of drug-likeness (QED) is 0.780.